The highest BCUT2D eigenvalue weighted by molar-refractivity contribution is 5.87. The van der Waals surface area contributed by atoms with Gasteiger partial charge < -0.3 is 18.9 Å². The molecule has 0 bridgehead atoms. The number of rotatable bonds is 8. The molecule has 0 aromatic rings. The fourth-order valence-electron chi connectivity index (χ4n) is 1.23. The van der Waals surface area contributed by atoms with Crippen molar-refractivity contribution < 1.29 is 59.7 Å². The Morgan fingerprint density at radius 3 is 1.64 bits per heavy atom. The van der Waals surface area contributed by atoms with Gasteiger partial charge in [0.25, 0.3) is 0 Å². The molecule has 0 spiro atoms. The molecule has 0 amide bonds. The third kappa shape index (κ3) is 17.4. The van der Waals surface area contributed by atoms with Crippen LogP contribution in [0.1, 0.15) is 27.2 Å². The first-order valence-corrected chi connectivity index (χ1v) is 8.99. The normalized spacial score (nSPS) is 15.3. The van der Waals surface area contributed by atoms with E-state index in [-0.39, 0.29) is 18.0 Å². The molecule has 2 unspecified atom stereocenters. The lowest BCUT2D eigenvalue weighted by Crippen LogP contribution is -2.38. The highest BCUT2D eigenvalue weighted by atomic mass is 19.4. The Hall–Kier alpha value is -2.83. The minimum atomic E-state index is -5.11. The fourth-order valence-corrected chi connectivity index (χ4v) is 1.23. The minimum Gasteiger partial charge on any atom is -0.466 e. The van der Waals surface area contributed by atoms with Crippen LogP contribution in [0.4, 0.5) is 26.3 Å². The fraction of sp³-hybridized carbons (Fsp3) is 0.550. The van der Waals surface area contributed by atoms with E-state index in [0.717, 1.165) is 6.92 Å². The molecule has 1 heterocycles. The summed E-state index contributed by atoms with van der Waals surface area (Å²) in [5.41, 5.74) is 0.391. The van der Waals surface area contributed by atoms with Gasteiger partial charge in [0, 0.05) is 16.7 Å². The topological polar surface area (TPSA) is 91.4 Å². The summed E-state index contributed by atoms with van der Waals surface area (Å²) >= 11 is 0. The molecule has 1 aliphatic heterocycles. The largest absolute Gasteiger partial charge is 0.466 e. The van der Waals surface area contributed by atoms with Gasteiger partial charge in [0.2, 0.25) is 6.17 Å². The van der Waals surface area contributed by atoms with Crippen molar-refractivity contribution in [3.05, 3.63) is 36.5 Å². The van der Waals surface area contributed by atoms with Gasteiger partial charge in [-0.05, 0) is 20.8 Å². The zero-order valence-corrected chi connectivity index (χ0v) is 18.5. The van der Waals surface area contributed by atoms with Crippen LogP contribution in [-0.4, -0.2) is 62.8 Å². The third-order valence-corrected chi connectivity index (χ3v) is 3.04. The molecule has 0 N–H and O–H groups in total. The number of carbonyl (C=O) groups excluding carboxylic acids is 3. The molecule has 0 aromatic heterocycles. The summed E-state index contributed by atoms with van der Waals surface area (Å²) in [6.45, 7) is 15.0. The molecule has 7 nitrogen and oxygen atoms in total. The Morgan fingerprint density at radius 1 is 0.939 bits per heavy atom. The Balaban J connectivity index is 0. The second-order valence-corrected chi connectivity index (χ2v) is 6.62. The maximum Gasteiger partial charge on any atom is 0.432 e. The first kappa shape index (κ1) is 32.4. The lowest BCUT2D eigenvalue weighted by atomic mass is 10.2. The van der Waals surface area contributed by atoms with Crippen LogP contribution < -0.4 is 0 Å². The van der Waals surface area contributed by atoms with Gasteiger partial charge in [-0.1, -0.05) is 19.7 Å². The Kier molecular flexibility index (Phi) is 14.1. The van der Waals surface area contributed by atoms with E-state index in [0.29, 0.717) is 24.4 Å². The average molecular weight is 492 g/mol. The number of carbonyl (C=O) groups is 3. The van der Waals surface area contributed by atoms with Crippen LogP contribution in [0.3, 0.4) is 0 Å². The van der Waals surface area contributed by atoms with Crippen LogP contribution in [0.25, 0.3) is 0 Å². The highest BCUT2D eigenvalue weighted by Crippen LogP contribution is 2.33. The van der Waals surface area contributed by atoms with Gasteiger partial charge in [-0.2, -0.15) is 22.0 Å². The van der Waals surface area contributed by atoms with Gasteiger partial charge in [0.05, 0.1) is 20.1 Å². The molecule has 0 radical (unpaired) electrons. The zero-order valence-electron chi connectivity index (χ0n) is 18.5. The number of ether oxygens (including phenoxy) is 4. The molecule has 1 aliphatic rings. The summed E-state index contributed by atoms with van der Waals surface area (Å²) in [6, 6.07) is 0. The standard InChI is InChI=1S/C8H8F6O2.C7H10O3.C5H8O2/c1-4(2)6(15)16-8(13,14)5(9)3-7(10,11)12;1-5(2)7(8)10-4-6-3-9-6;1-4(2)5(6)7-3/h5H,1,3H2,2H3;6H,1,3-4H2,2H3;1H2,2-3H3. The van der Waals surface area contributed by atoms with Crippen LogP contribution in [0.2, 0.25) is 0 Å². The van der Waals surface area contributed by atoms with Crippen LogP contribution >= 0.6 is 0 Å². The molecular formula is C20H26F6O7. The maximum absolute atomic E-state index is 12.6. The smallest absolute Gasteiger partial charge is 0.432 e. The van der Waals surface area contributed by atoms with Crippen molar-refractivity contribution in [2.45, 2.75) is 51.8 Å². The Bertz CT molecular complexity index is 727. The van der Waals surface area contributed by atoms with Crippen LogP contribution in [0.5, 0.6) is 0 Å². The van der Waals surface area contributed by atoms with Crippen molar-refractivity contribution in [3.8, 4) is 0 Å². The van der Waals surface area contributed by atoms with E-state index in [1.54, 1.807) is 13.8 Å². The molecule has 1 saturated heterocycles. The summed E-state index contributed by atoms with van der Waals surface area (Å²) in [6.07, 6.45) is -15.8. The van der Waals surface area contributed by atoms with E-state index >= 15 is 0 Å². The molecule has 1 rings (SSSR count). The van der Waals surface area contributed by atoms with Crippen LogP contribution in [0, 0.1) is 0 Å². The van der Waals surface area contributed by atoms with E-state index in [1.165, 1.54) is 7.11 Å². The van der Waals surface area contributed by atoms with Crippen LogP contribution in [0.15, 0.2) is 36.5 Å². The second kappa shape index (κ2) is 14.3. The Labute approximate surface area is 187 Å². The van der Waals surface area contributed by atoms with E-state index in [2.05, 4.69) is 29.2 Å². The molecule has 13 heteroatoms. The first-order valence-electron chi connectivity index (χ1n) is 8.99. The molecule has 1 fully saturated rings. The number of hydrogen-bond acceptors (Lipinski definition) is 7. The maximum atomic E-state index is 12.6. The molecule has 0 aliphatic carbocycles. The summed E-state index contributed by atoms with van der Waals surface area (Å²) in [5, 5.41) is 0. The van der Waals surface area contributed by atoms with Crippen molar-refractivity contribution in [2.24, 2.45) is 0 Å². The summed E-state index contributed by atoms with van der Waals surface area (Å²) < 4.78 is 89.7. The Morgan fingerprint density at radius 2 is 1.36 bits per heavy atom. The van der Waals surface area contributed by atoms with Gasteiger partial charge in [-0.25, -0.2) is 18.8 Å². The highest BCUT2D eigenvalue weighted by Gasteiger charge is 2.50. The van der Waals surface area contributed by atoms with Crippen molar-refractivity contribution in [2.75, 3.05) is 20.3 Å². The van der Waals surface area contributed by atoms with Gasteiger partial charge in [0.1, 0.15) is 12.7 Å². The number of methoxy groups -OCH3 is 1. The first-order chi connectivity index (χ1) is 14.8. The summed E-state index contributed by atoms with van der Waals surface area (Å²) in [7, 11) is 1.33. The predicted molar refractivity (Wildman–Crippen MR) is 104 cm³/mol. The third-order valence-electron chi connectivity index (χ3n) is 3.04. The van der Waals surface area contributed by atoms with Crippen molar-refractivity contribution in [1.82, 2.24) is 0 Å². The van der Waals surface area contributed by atoms with E-state index in [4.69, 9.17) is 9.47 Å². The number of halogens is 6. The number of hydrogen-bond donors (Lipinski definition) is 0. The molecule has 2 atom stereocenters. The van der Waals surface area contributed by atoms with Gasteiger partial charge in [-0.3, -0.25) is 0 Å². The lowest BCUT2D eigenvalue weighted by molar-refractivity contribution is -0.275. The molecule has 190 valence electrons. The van der Waals surface area contributed by atoms with Crippen LogP contribution in [-0.2, 0) is 33.3 Å². The minimum absolute atomic E-state index is 0.142. The number of alkyl halides is 6. The lowest BCUT2D eigenvalue weighted by Gasteiger charge is -2.21. The summed E-state index contributed by atoms with van der Waals surface area (Å²) in [5.74, 6) is -2.34. The van der Waals surface area contributed by atoms with Gasteiger partial charge >= 0.3 is 30.2 Å². The van der Waals surface area contributed by atoms with Gasteiger partial charge in [0.15, 0.2) is 0 Å². The van der Waals surface area contributed by atoms with E-state index in [1.807, 2.05) is 0 Å². The molecule has 0 aromatic carbocycles. The number of esters is 3. The van der Waals surface area contributed by atoms with E-state index < -0.39 is 36.4 Å². The monoisotopic (exact) mass is 492 g/mol. The average Bonchev–Trinajstić information content (AvgIpc) is 3.48. The van der Waals surface area contributed by atoms with Crippen molar-refractivity contribution in [1.29, 1.82) is 0 Å². The number of epoxide rings is 1. The van der Waals surface area contributed by atoms with E-state index in [9.17, 15) is 40.7 Å². The molecule has 0 saturated carbocycles. The summed E-state index contributed by atoms with van der Waals surface area (Å²) in [4.78, 5) is 31.5. The van der Waals surface area contributed by atoms with Crippen molar-refractivity contribution in [3.63, 3.8) is 0 Å². The van der Waals surface area contributed by atoms with Gasteiger partial charge in [-0.15, -0.1) is 0 Å². The molecule has 33 heavy (non-hydrogen) atoms. The molecular weight excluding hydrogens is 466 g/mol. The second-order valence-electron chi connectivity index (χ2n) is 6.62. The van der Waals surface area contributed by atoms with Crippen molar-refractivity contribution >= 4 is 17.9 Å². The SMILES string of the molecule is C=C(C)C(=O)OC.C=C(C)C(=O)OC(F)(F)C(F)CC(F)(F)F.C=C(C)C(=O)OCC1CO1. The zero-order chi connectivity index (χ0) is 26.6. The quantitative estimate of drug-likeness (QED) is 0.165. The predicted octanol–water partition coefficient (Wildman–Crippen LogP) is 4.23.